The van der Waals surface area contributed by atoms with Crippen LogP contribution < -0.4 is 9.46 Å². The summed E-state index contributed by atoms with van der Waals surface area (Å²) in [6.45, 7) is 0.200. The number of methoxy groups -OCH3 is 2. The summed E-state index contributed by atoms with van der Waals surface area (Å²) in [6.07, 6.45) is 2.13. The lowest BCUT2D eigenvalue weighted by Crippen LogP contribution is -2.26. The van der Waals surface area contributed by atoms with Gasteiger partial charge in [0.1, 0.15) is 16.4 Å². The van der Waals surface area contributed by atoms with E-state index in [2.05, 4.69) is 9.46 Å². The maximum Gasteiger partial charge on any atom is 0.337 e. The Balaban J connectivity index is 1.71. The predicted octanol–water partition coefficient (Wildman–Crippen LogP) is 3.32. The molecule has 9 heteroatoms. The quantitative estimate of drug-likeness (QED) is 0.561. The van der Waals surface area contributed by atoms with Crippen molar-refractivity contribution < 1.29 is 27.1 Å². The topological polar surface area (TPSA) is 94.8 Å². The third-order valence-corrected chi connectivity index (χ3v) is 6.61. The highest BCUT2D eigenvalue weighted by Gasteiger charge is 2.21. The molecule has 1 aromatic carbocycles. The number of sulfonamides is 1. The third kappa shape index (κ3) is 4.44. The Morgan fingerprint density at radius 3 is 2.68 bits per heavy atom. The second-order valence-corrected chi connectivity index (χ2v) is 8.65. The largest absolute Gasteiger partial charge is 0.495 e. The summed E-state index contributed by atoms with van der Waals surface area (Å²) in [5.41, 5.74) is 0.130. The van der Waals surface area contributed by atoms with Crippen LogP contribution in [-0.2, 0) is 21.2 Å². The first kappa shape index (κ1) is 20.1. The number of carbonyl (C=O) groups is 1. The molecular weight excluding hydrogens is 402 g/mol. The van der Waals surface area contributed by atoms with Crippen molar-refractivity contribution in [3.8, 4) is 16.4 Å². The summed E-state index contributed by atoms with van der Waals surface area (Å²) in [6, 6.07) is 11.7. The molecular formula is C19H19NO6S2. The van der Waals surface area contributed by atoms with Crippen LogP contribution in [0.4, 0.5) is 0 Å². The highest BCUT2D eigenvalue weighted by atomic mass is 32.2. The van der Waals surface area contributed by atoms with Gasteiger partial charge in [0.05, 0.1) is 30.9 Å². The van der Waals surface area contributed by atoms with Crippen molar-refractivity contribution in [2.75, 3.05) is 20.8 Å². The fourth-order valence-electron chi connectivity index (χ4n) is 2.58. The van der Waals surface area contributed by atoms with E-state index in [-0.39, 0.29) is 22.8 Å². The summed E-state index contributed by atoms with van der Waals surface area (Å²) in [4.78, 5) is 13.6. The summed E-state index contributed by atoms with van der Waals surface area (Å²) in [7, 11) is -1.27. The lowest BCUT2D eigenvalue weighted by molar-refractivity contribution is 0.0600. The van der Waals surface area contributed by atoms with Crippen molar-refractivity contribution in [3.05, 3.63) is 59.2 Å². The van der Waals surface area contributed by atoms with Gasteiger partial charge in [0.15, 0.2) is 0 Å². The number of furan rings is 1. The SMILES string of the molecule is COC(=O)c1ccc(OC)c(S(=O)(=O)NCCc2ccc(-c3ccco3)s2)c1. The Labute approximate surface area is 167 Å². The highest BCUT2D eigenvalue weighted by molar-refractivity contribution is 7.89. The van der Waals surface area contributed by atoms with Crippen LogP contribution in [0.3, 0.4) is 0 Å². The molecule has 0 atom stereocenters. The van der Waals surface area contributed by atoms with Crippen LogP contribution in [-0.4, -0.2) is 35.2 Å². The lowest BCUT2D eigenvalue weighted by Gasteiger charge is -2.11. The number of benzene rings is 1. The molecule has 0 fully saturated rings. The molecule has 3 rings (SSSR count). The summed E-state index contributed by atoms with van der Waals surface area (Å²) in [5.74, 6) is 0.306. The number of hydrogen-bond donors (Lipinski definition) is 1. The van der Waals surface area contributed by atoms with Crippen molar-refractivity contribution in [1.82, 2.24) is 4.72 Å². The van der Waals surface area contributed by atoms with Gasteiger partial charge in [0.25, 0.3) is 0 Å². The molecule has 2 aromatic heterocycles. The molecule has 0 aliphatic heterocycles. The summed E-state index contributed by atoms with van der Waals surface area (Å²) in [5, 5.41) is 0. The van der Waals surface area contributed by atoms with Crippen LogP contribution >= 0.6 is 11.3 Å². The van der Waals surface area contributed by atoms with Crippen LogP contribution in [0.25, 0.3) is 10.6 Å². The van der Waals surface area contributed by atoms with E-state index in [0.717, 1.165) is 15.5 Å². The molecule has 0 saturated carbocycles. The van der Waals surface area contributed by atoms with Crippen molar-refractivity contribution in [3.63, 3.8) is 0 Å². The number of nitrogens with one attached hydrogen (secondary N) is 1. The van der Waals surface area contributed by atoms with Gasteiger partial charge in [-0.1, -0.05) is 0 Å². The predicted molar refractivity (Wildman–Crippen MR) is 105 cm³/mol. The molecule has 1 N–H and O–H groups in total. The normalized spacial score (nSPS) is 11.4. The van der Waals surface area contributed by atoms with Gasteiger partial charge >= 0.3 is 5.97 Å². The number of ether oxygens (including phenoxy) is 2. The average Bonchev–Trinajstić information content (AvgIpc) is 3.38. The Kier molecular flexibility index (Phi) is 6.18. The van der Waals surface area contributed by atoms with Crippen molar-refractivity contribution in [1.29, 1.82) is 0 Å². The Hall–Kier alpha value is -2.62. The van der Waals surface area contributed by atoms with Gasteiger partial charge in [0.2, 0.25) is 10.0 Å². The molecule has 28 heavy (non-hydrogen) atoms. The minimum Gasteiger partial charge on any atom is -0.495 e. The number of esters is 1. The van der Waals surface area contributed by atoms with Crippen LogP contribution in [0.15, 0.2) is 58.0 Å². The van der Waals surface area contributed by atoms with Gasteiger partial charge in [-0.15, -0.1) is 11.3 Å². The molecule has 148 valence electrons. The van der Waals surface area contributed by atoms with E-state index < -0.39 is 16.0 Å². The van der Waals surface area contributed by atoms with Gasteiger partial charge < -0.3 is 13.9 Å². The summed E-state index contributed by atoms with van der Waals surface area (Å²) >= 11 is 1.54. The van der Waals surface area contributed by atoms with Gasteiger partial charge in [-0.3, -0.25) is 0 Å². The van der Waals surface area contributed by atoms with E-state index >= 15 is 0 Å². The van der Waals surface area contributed by atoms with Crippen molar-refractivity contribution in [2.24, 2.45) is 0 Å². The molecule has 0 aliphatic rings. The standard InChI is InChI=1S/C19H19NO6S2/c1-24-16-7-5-13(19(21)25-2)12-18(16)28(22,23)20-10-9-14-6-8-17(27-14)15-4-3-11-26-15/h3-8,11-12,20H,9-10H2,1-2H3. The third-order valence-electron chi connectivity index (χ3n) is 3.96. The fraction of sp³-hybridized carbons (Fsp3) is 0.211. The fourth-order valence-corrected chi connectivity index (χ4v) is 4.78. The van der Waals surface area contributed by atoms with E-state index in [1.165, 1.54) is 43.8 Å². The maximum absolute atomic E-state index is 12.7. The van der Waals surface area contributed by atoms with Crippen molar-refractivity contribution >= 4 is 27.3 Å². The lowest BCUT2D eigenvalue weighted by atomic mass is 10.2. The maximum atomic E-state index is 12.7. The minimum absolute atomic E-state index is 0.111. The molecule has 0 radical (unpaired) electrons. The number of hydrogen-bond acceptors (Lipinski definition) is 7. The first-order chi connectivity index (χ1) is 13.4. The second kappa shape index (κ2) is 8.59. The Bertz CT molecular complexity index is 1050. The van der Waals surface area contributed by atoms with E-state index in [4.69, 9.17) is 9.15 Å². The zero-order chi connectivity index (χ0) is 20.1. The van der Waals surface area contributed by atoms with Crippen molar-refractivity contribution in [2.45, 2.75) is 11.3 Å². The average molecular weight is 421 g/mol. The van der Waals surface area contributed by atoms with E-state index in [1.807, 2.05) is 24.3 Å². The van der Waals surface area contributed by atoms with Crippen LogP contribution in [0, 0.1) is 0 Å². The first-order valence-electron chi connectivity index (χ1n) is 8.33. The zero-order valence-corrected chi connectivity index (χ0v) is 16.9. The molecule has 0 saturated heterocycles. The second-order valence-electron chi connectivity index (χ2n) is 5.75. The van der Waals surface area contributed by atoms with E-state index in [0.29, 0.717) is 6.42 Å². The van der Waals surface area contributed by atoms with Crippen LogP contribution in [0.2, 0.25) is 0 Å². The number of rotatable bonds is 8. The van der Waals surface area contributed by atoms with E-state index in [1.54, 1.807) is 6.26 Å². The zero-order valence-electron chi connectivity index (χ0n) is 15.3. The molecule has 7 nitrogen and oxygen atoms in total. The molecule has 0 spiro atoms. The van der Waals surface area contributed by atoms with Crippen LogP contribution in [0.5, 0.6) is 5.75 Å². The van der Waals surface area contributed by atoms with Crippen LogP contribution in [0.1, 0.15) is 15.2 Å². The Morgan fingerprint density at radius 2 is 2.00 bits per heavy atom. The molecule has 3 aromatic rings. The summed E-state index contributed by atoms with van der Waals surface area (Å²) < 4.78 is 43.1. The highest BCUT2D eigenvalue weighted by Crippen LogP contribution is 2.29. The van der Waals surface area contributed by atoms with E-state index in [9.17, 15) is 13.2 Å². The van der Waals surface area contributed by atoms with Gasteiger partial charge in [-0.25, -0.2) is 17.9 Å². The molecule has 2 heterocycles. The molecule has 0 bridgehead atoms. The number of carbonyl (C=O) groups excluding carboxylic acids is 1. The monoisotopic (exact) mass is 421 g/mol. The van der Waals surface area contributed by atoms with Gasteiger partial charge in [-0.2, -0.15) is 0 Å². The number of thiophene rings is 1. The van der Waals surface area contributed by atoms with Gasteiger partial charge in [-0.05, 0) is 48.9 Å². The molecule has 0 amide bonds. The molecule has 0 unspecified atom stereocenters. The smallest absolute Gasteiger partial charge is 0.337 e. The van der Waals surface area contributed by atoms with Gasteiger partial charge in [0, 0.05) is 11.4 Å². The molecule has 0 aliphatic carbocycles. The Morgan fingerprint density at radius 1 is 1.18 bits per heavy atom. The minimum atomic E-state index is -3.87. The first-order valence-corrected chi connectivity index (χ1v) is 10.6.